The zero-order chi connectivity index (χ0) is 11.5. The summed E-state index contributed by atoms with van der Waals surface area (Å²) in [4.78, 5) is 0. The van der Waals surface area contributed by atoms with E-state index in [0.717, 1.165) is 22.2 Å². The fourth-order valence-corrected chi connectivity index (χ4v) is 1.58. The first-order chi connectivity index (χ1) is 7.65. The molecule has 2 aromatic rings. The van der Waals surface area contributed by atoms with Crippen LogP contribution < -0.4 is 5.32 Å². The van der Waals surface area contributed by atoms with E-state index in [9.17, 15) is 0 Å². The molecule has 0 bridgehead atoms. The fourth-order valence-electron chi connectivity index (χ4n) is 1.46. The molecule has 1 aromatic heterocycles. The molecule has 1 N–H and O–H groups in total. The first-order valence-electron chi connectivity index (χ1n) is 5.07. The van der Waals surface area contributed by atoms with Crippen molar-refractivity contribution >= 4 is 17.4 Å². The van der Waals surface area contributed by atoms with Crippen molar-refractivity contribution in [2.24, 2.45) is 0 Å². The van der Waals surface area contributed by atoms with Crippen LogP contribution in [0.5, 0.6) is 0 Å². The van der Waals surface area contributed by atoms with Crippen LogP contribution in [0.15, 0.2) is 28.8 Å². The molecule has 4 heteroatoms. The second kappa shape index (κ2) is 4.58. The highest BCUT2D eigenvalue weighted by atomic mass is 35.5. The Morgan fingerprint density at radius 2 is 2.12 bits per heavy atom. The lowest BCUT2D eigenvalue weighted by Gasteiger charge is -2.04. The van der Waals surface area contributed by atoms with Crippen molar-refractivity contribution in [2.45, 2.75) is 20.4 Å². The molecule has 0 aliphatic carbocycles. The maximum absolute atomic E-state index is 5.95. The molecule has 0 saturated heterocycles. The van der Waals surface area contributed by atoms with Crippen LogP contribution in [0.3, 0.4) is 0 Å². The van der Waals surface area contributed by atoms with Gasteiger partial charge in [-0.25, -0.2) is 0 Å². The average Bonchev–Trinajstić information content (AvgIpc) is 2.66. The number of anilines is 1. The van der Waals surface area contributed by atoms with Crippen molar-refractivity contribution in [3.05, 3.63) is 46.2 Å². The summed E-state index contributed by atoms with van der Waals surface area (Å²) < 4.78 is 4.96. The first kappa shape index (κ1) is 11.0. The molecule has 16 heavy (non-hydrogen) atoms. The first-order valence-corrected chi connectivity index (χ1v) is 5.45. The lowest BCUT2D eigenvalue weighted by molar-refractivity contribution is 0.399. The second-order valence-corrected chi connectivity index (χ2v) is 4.17. The van der Waals surface area contributed by atoms with Crippen molar-refractivity contribution in [1.29, 1.82) is 0 Å². The van der Waals surface area contributed by atoms with E-state index in [0.29, 0.717) is 6.54 Å². The van der Waals surface area contributed by atoms with Crippen LogP contribution in [0.25, 0.3) is 0 Å². The smallest absolute Gasteiger partial charge is 0.169 e. The fraction of sp³-hybridized carbons (Fsp3) is 0.250. The van der Waals surface area contributed by atoms with E-state index in [1.165, 1.54) is 5.56 Å². The number of aryl methyl sites for hydroxylation is 2. The Bertz CT molecular complexity index is 494. The molecule has 0 unspecified atom stereocenters. The predicted molar refractivity (Wildman–Crippen MR) is 64.8 cm³/mol. The van der Waals surface area contributed by atoms with Crippen molar-refractivity contribution in [3.8, 4) is 0 Å². The van der Waals surface area contributed by atoms with Gasteiger partial charge in [-0.15, -0.1) is 0 Å². The summed E-state index contributed by atoms with van der Waals surface area (Å²) in [6, 6.07) is 7.82. The maximum atomic E-state index is 5.95. The summed E-state index contributed by atoms with van der Waals surface area (Å²) in [5.41, 5.74) is 2.25. The Morgan fingerprint density at radius 3 is 2.75 bits per heavy atom. The van der Waals surface area contributed by atoms with Gasteiger partial charge in [0, 0.05) is 17.6 Å². The Labute approximate surface area is 99.4 Å². The molecule has 1 aromatic carbocycles. The number of nitrogens with one attached hydrogen (secondary N) is 1. The van der Waals surface area contributed by atoms with Gasteiger partial charge < -0.3 is 9.84 Å². The van der Waals surface area contributed by atoms with Crippen LogP contribution in [0.2, 0.25) is 5.02 Å². The highest BCUT2D eigenvalue weighted by Gasteiger charge is 2.01. The van der Waals surface area contributed by atoms with E-state index in [1.807, 2.05) is 32.0 Å². The largest absolute Gasteiger partial charge is 0.363 e. The van der Waals surface area contributed by atoms with E-state index in [4.69, 9.17) is 16.1 Å². The van der Waals surface area contributed by atoms with E-state index in [2.05, 4.69) is 16.5 Å². The summed E-state index contributed by atoms with van der Waals surface area (Å²) in [5.74, 6) is 1.56. The minimum Gasteiger partial charge on any atom is -0.363 e. The normalized spacial score (nSPS) is 10.4. The Balaban J connectivity index is 2.02. The monoisotopic (exact) mass is 236 g/mol. The molecule has 1 heterocycles. The van der Waals surface area contributed by atoms with Gasteiger partial charge in [-0.3, -0.25) is 0 Å². The molecule has 0 spiro atoms. The summed E-state index contributed by atoms with van der Waals surface area (Å²) >= 11 is 5.95. The van der Waals surface area contributed by atoms with Crippen LogP contribution >= 0.6 is 11.6 Å². The summed E-state index contributed by atoms with van der Waals surface area (Å²) in [5, 5.41) is 7.83. The minimum absolute atomic E-state index is 0.712. The third kappa shape index (κ3) is 2.55. The zero-order valence-corrected chi connectivity index (χ0v) is 10.0. The van der Waals surface area contributed by atoms with Gasteiger partial charge in [0.2, 0.25) is 0 Å². The minimum atomic E-state index is 0.712. The van der Waals surface area contributed by atoms with Crippen molar-refractivity contribution < 1.29 is 4.52 Å². The van der Waals surface area contributed by atoms with Gasteiger partial charge in [0.1, 0.15) is 5.76 Å². The molecular weight excluding hydrogens is 224 g/mol. The lowest BCUT2D eigenvalue weighted by atomic mass is 10.1. The summed E-state index contributed by atoms with van der Waals surface area (Å²) in [6.07, 6.45) is 0. The van der Waals surface area contributed by atoms with Crippen molar-refractivity contribution in [2.75, 3.05) is 5.32 Å². The molecule has 0 aliphatic rings. The maximum Gasteiger partial charge on any atom is 0.169 e. The number of rotatable bonds is 3. The number of hydrogen-bond acceptors (Lipinski definition) is 3. The Morgan fingerprint density at radius 1 is 1.31 bits per heavy atom. The third-order valence-electron chi connectivity index (χ3n) is 2.32. The topological polar surface area (TPSA) is 38.1 Å². The van der Waals surface area contributed by atoms with E-state index in [-0.39, 0.29) is 0 Å². The SMILES string of the molecule is Cc1cc(NCc2ccc(Cl)c(C)c2)no1. The van der Waals surface area contributed by atoms with Gasteiger partial charge in [-0.2, -0.15) is 0 Å². The number of hydrogen-bond donors (Lipinski definition) is 1. The van der Waals surface area contributed by atoms with Gasteiger partial charge in [-0.1, -0.05) is 28.9 Å². The van der Waals surface area contributed by atoms with Crippen molar-refractivity contribution in [3.63, 3.8) is 0 Å². The molecule has 0 atom stereocenters. The standard InChI is InChI=1S/C12H13ClN2O/c1-8-5-10(3-4-11(8)13)7-14-12-6-9(2)16-15-12/h3-6H,7H2,1-2H3,(H,14,15). The van der Waals surface area contributed by atoms with Crippen molar-refractivity contribution in [1.82, 2.24) is 5.16 Å². The third-order valence-corrected chi connectivity index (χ3v) is 2.75. The molecule has 2 rings (SSSR count). The quantitative estimate of drug-likeness (QED) is 0.886. The zero-order valence-electron chi connectivity index (χ0n) is 9.25. The summed E-state index contributed by atoms with van der Waals surface area (Å²) in [7, 11) is 0. The van der Waals surface area contributed by atoms with E-state index >= 15 is 0 Å². The molecule has 0 saturated carbocycles. The highest BCUT2D eigenvalue weighted by molar-refractivity contribution is 6.31. The lowest BCUT2D eigenvalue weighted by Crippen LogP contribution is -1.99. The molecule has 3 nitrogen and oxygen atoms in total. The Kier molecular flexibility index (Phi) is 3.15. The van der Waals surface area contributed by atoms with Gasteiger partial charge in [0.05, 0.1) is 0 Å². The van der Waals surface area contributed by atoms with Gasteiger partial charge in [0.25, 0.3) is 0 Å². The van der Waals surface area contributed by atoms with Crippen LogP contribution in [0, 0.1) is 13.8 Å². The molecule has 0 aliphatic heterocycles. The van der Waals surface area contributed by atoms with Crippen LogP contribution in [0.4, 0.5) is 5.82 Å². The molecular formula is C12H13ClN2O. The number of benzene rings is 1. The number of aromatic nitrogens is 1. The second-order valence-electron chi connectivity index (χ2n) is 3.76. The van der Waals surface area contributed by atoms with E-state index in [1.54, 1.807) is 0 Å². The molecule has 84 valence electrons. The van der Waals surface area contributed by atoms with Crippen LogP contribution in [0.1, 0.15) is 16.9 Å². The molecule has 0 radical (unpaired) electrons. The van der Waals surface area contributed by atoms with Gasteiger partial charge in [-0.05, 0) is 31.0 Å². The van der Waals surface area contributed by atoms with Crippen LogP contribution in [-0.4, -0.2) is 5.16 Å². The molecule has 0 fully saturated rings. The average molecular weight is 237 g/mol. The van der Waals surface area contributed by atoms with Crippen LogP contribution in [-0.2, 0) is 6.54 Å². The highest BCUT2D eigenvalue weighted by Crippen LogP contribution is 2.17. The number of halogens is 1. The van der Waals surface area contributed by atoms with Gasteiger partial charge >= 0.3 is 0 Å². The summed E-state index contributed by atoms with van der Waals surface area (Å²) in [6.45, 7) is 4.57. The van der Waals surface area contributed by atoms with E-state index < -0.39 is 0 Å². The molecule has 0 amide bonds. The number of nitrogens with zero attached hydrogens (tertiary/aromatic N) is 1. The van der Waals surface area contributed by atoms with Gasteiger partial charge in [0.15, 0.2) is 5.82 Å². The predicted octanol–water partition coefficient (Wildman–Crippen LogP) is 3.56. The Hall–Kier alpha value is -1.48.